The summed E-state index contributed by atoms with van der Waals surface area (Å²) in [7, 11) is -3.48. The predicted octanol–water partition coefficient (Wildman–Crippen LogP) is 1.91. The van der Waals surface area contributed by atoms with E-state index in [2.05, 4.69) is 10.6 Å². The smallest absolute Gasteiger partial charge is 0.244 e. The Morgan fingerprint density at radius 1 is 1.07 bits per heavy atom. The zero-order valence-corrected chi connectivity index (χ0v) is 17.3. The molecule has 0 unspecified atom stereocenters. The summed E-state index contributed by atoms with van der Waals surface area (Å²) in [5.74, 6) is -0.639. The van der Waals surface area contributed by atoms with Crippen molar-refractivity contribution in [3.8, 4) is 0 Å². The molecule has 1 aliphatic rings. The first-order chi connectivity index (χ1) is 13.3. The van der Waals surface area contributed by atoms with Gasteiger partial charge in [-0.1, -0.05) is 25.0 Å². The van der Waals surface area contributed by atoms with Crippen LogP contribution in [0.3, 0.4) is 0 Å². The molecule has 1 heterocycles. The third-order valence-electron chi connectivity index (χ3n) is 4.38. The highest BCUT2D eigenvalue weighted by Gasteiger charge is 2.24. The van der Waals surface area contributed by atoms with Crippen LogP contribution in [-0.2, 0) is 19.6 Å². The van der Waals surface area contributed by atoms with Crippen molar-refractivity contribution in [2.24, 2.45) is 0 Å². The van der Waals surface area contributed by atoms with Crippen LogP contribution >= 0.6 is 0 Å². The molecule has 7 nitrogen and oxygen atoms in total. The van der Waals surface area contributed by atoms with Crippen molar-refractivity contribution in [2.45, 2.75) is 50.5 Å². The van der Waals surface area contributed by atoms with Crippen LogP contribution in [0.25, 0.3) is 6.08 Å². The topological polar surface area (TPSA) is 95.6 Å². The second-order valence-corrected chi connectivity index (χ2v) is 9.10. The van der Waals surface area contributed by atoms with Gasteiger partial charge in [0, 0.05) is 25.2 Å². The summed E-state index contributed by atoms with van der Waals surface area (Å²) >= 11 is 0. The van der Waals surface area contributed by atoms with Crippen LogP contribution in [-0.4, -0.2) is 50.2 Å². The predicted molar refractivity (Wildman–Crippen MR) is 109 cm³/mol. The van der Waals surface area contributed by atoms with Gasteiger partial charge in [0.2, 0.25) is 21.8 Å². The van der Waals surface area contributed by atoms with Crippen molar-refractivity contribution in [3.63, 3.8) is 0 Å². The Morgan fingerprint density at radius 3 is 2.25 bits per heavy atom. The SMILES string of the molecule is CC(C)NC(=O)CNC(=O)/C=C/c1ccc(S(=O)(=O)N2CCCCCC2)cc1. The number of benzene rings is 1. The van der Waals surface area contributed by atoms with E-state index in [1.807, 2.05) is 13.8 Å². The molecule has 1 aliphatic heterocycles. The van der Waals surface area contributed by atoms with Crippen LogP contribution in [0.5, 0.6) is 0 Å². The summed E-state index contributed by atoms with van der Waals surface area (Å²) in [6.07, 6.45) is 6.82. The number of hydrogen-bond donors (Lipinski definition) is 2. The summed E-state index contributed by atoms with van der Waals surface area (Å²) < 4.78 is 27.1. The van der Waals surface area contributed by atoms with E-state index in [0.717, 1.165) is 25.7 Å². The lowest BCUT2D eigenvalue weighted by molar-refractivity contribution is -0.124. The van der Waals surface area contributed by atoms with Gasteiger partial charge in [0.05, 0.1) is 11.4 Å². The molecule has 8 heteroatoms. The molecule has 0 radical (unpaired) electrons. The molecule has 28 heavy (non-hydrogen) atoms. The highest BCUT2D eigenvalue weighted by atomic mass is 32.2. The Morgan fingerprint density at radius 2 is 1.68 bits per heavy atom. The molecule has 0 aliphatic carbocycles. The van der Waals surface area contributed by atoms with Crippen LogP contribution in [0.4, 0.5) is 0 Å². The van der Waals surface area contributed by atoms with Crippen molar-refractivity contribution < 1.29 is 18.0 Å². The Hall–Kier alpha value is -2.19. The summed E-state index contributed by atoms with van der Waals surface area (Å²) in [5, 5.41) is 5.19. The van der Waals surface area contributed by atoms with E-state index < -0.39 is 10.0 Å². The standard InChI is InChI=1S/C20H29N3O4S/c1-16(2)22-20(25)15-21-19(24)12-9-17-7-10-18(11-8-17)28(26,27)23-13-5-3-4-6-14-23/h7-12,16H,3-6,13-15H2,1-2H3,(H,21,24)(H,22,25)/b12-9+. The number of hydrogen-bond acceptors (Lipinski definition) is 4. The number of nitrogens with one attached hydrogen (secondary N) is 2. The third-order valence-corrected chi connectivity index (χ3v) is 6.30. The summed E-state index contributed by atoms with van der Waals surface area (Å²) in [6, 6.07) is 6.48. The second kappa shape index (κ2) is 10.4. The van der Waals surface area contributed by atoms with Gasteiger partial charge in [0.1, 0.15) is 0 Å². The average molecular weight is 408 g/mol. The van der Waals surface area contributed by atoms with Crippen molar-refractivity contribution in [1.82, 2.24) is 14.9 Å². The molecule has 0 saturated carbocycles. The minimum atomic E-state index is -3.48. The molecule has 1 saturated heterocycles. The molecule has 2 rings (SSSR count). The van der Waals surface area contributed by atoms with Crippen molar-refractivity contribution in [1.29, 1.82) is 0 Å². The normalized spacial score (nSPS) is 16.1. The molecule has 154 valence electrons. The summed E-state index contributed by atoms with van der Waals surface area (Å²) in [4.78, 5) is 23.6. The lowest BCUT2D eigenvalue weighted by atomic mass is 10.2. The zero-order chi connectivity index (χ0) is 20.6. The lowest BCUT2D eigenvalue weighted by Gasteiger charge is -2.19. The molecule has 0 atom stereocenters. The fourth-order valence-corrected chi connectivity index (χ4v) is 4.47. The van der Waals surface area contributed by atoms with Crippen molar-refractivity contribution in [2.75, 3.05) is 19.6 Å². The van der Waals surface area contributed by atoms with Crippen LogP contribution < -0.4 is 10.6 Å². The van der Waals surface area contributed by atoms with E-state index in [0.29, 0.717) is 18.7 Å². The molecule has 2 N–H and O–H groups in total. The lowest BCUT2D eigenvalue weighted by Crippen LogP contribution is -2.39. The number of amides is 2. The van der Waals surface area contributed by atoms with Gasteiger partial charge in [-0.2, -0.15) is 4.31 Å². The average Bonchev–Trinajstić information content (AvgIpc) is 2.94. The number of sulfonamides is 1. The van der Waals surface area contributed by atoms with Gasteiger partial charge in [-0.05, 0) is 50.5 Å². The Balaban J connectivity index is 1.93. The van der Waals surface area contributed by atoms with E-state index in [-0.39, 0.29) is 29.3 Å². The largest absolute Gasteiger partial charge is 0.352 e. The van der Waals surface area contributed by atoms with E-state index in [4.69, 9.17) is 0 Å². The minimum absolute atomic E-state index is 0.0176. The first-order valence-electron chi connectivity index (χ1n) is 9.64. The molecule has 1 aromatic rings. The van der Waals surface area contributed by atoms with Gasteiger partial charge >= 0.3 is 0 Å². The highest BCUT2D eigenvalue weighted by molar-refractivity contribution is 7.89. The van der Waals surface area contributed by atoms with Crippen LogP contribution in [0.2, 0.25) is 0 Å². The van der Waals surface area contributed by atoms with Crippen LogP contribution in [0.1, 0.15) is 45.1 Å². The second-order valence-electron chi connectivity index (χ2n) is 7.16. The molecule has 0 spiro atoms. The fourth-order valence-electron chi connectivity index (χ4n) is 2.95. The van der Waals surface area contributed by atoms with Crippen LogP contribution in [0, 0.1) is 0 Å². The van der Waals surface area contributed by atoms with Gasteiger partial charge in [-0.25, -0.2) is 8.42 Å². The molecule has 1 aromatic carbocycles. The van der Waals surface area contributed by atoms with Gasteiger partial charge in [-0.3, -0.25) is 9.59 Å². The monoisotopic (exact) mass is 407 g/mol. The molecular weight excluding hydrogens is 378 g/mol. The quantitative estimate of drug-likeness (QED) is 0.675. The number of nitrogens with zero attached hydrogens (tertiary/aromatic N) is 1. The summed E-state index contributed by atoms with van der Waals surface area (Å²) in [6.45, 7) is 4.73. The van der Waals surface area contributed by atoms with Crippen molar-refractivity contribution >= 4 is 27.9 Å². The van der Waals surface area contributed by atoms with Gasteiger partial charge in [-0.15, -0.1) is 0 Å². The Kier molecular flexibility index (Phi) is 8.19. The van der Waals surface area contributed by atoms with E-state index in [1.165, 1.54) is 6.08 Å². The number of carbonyl (C=O) groups excluding carboxylic acids is 2. The van der Waals surface area contributed by atoms with E-state index in [9.17, 15) is 18.0 Å². The maximum Gasteiger partial charge on any atom is 0.244 e. The molecule has 2 amide bonds. The number of rotatable bonds is 7. The summed E-state index contributed by atoms with van der Waals surface area (Å²) in [5.41, 5.74) is 0.705. The van der Waals surface area contributed by atoms with E-state index >= 15 is 0 Å². The van der Waals surface area contributed by atoms with Gasteiger partial charge in [0.15, 0.2) is 0 Å². The third kappa shape index (κ3) is 6.76. The molecule has 0 bridgehead atoms. The minimum Gasteiger partial charge on any atom is -0.352 e. The molecule has 1 fully saturated rings. The maximum atomic E-state index is 12.7. The number of carbonyl (C=O) groups is 2. The Labute approximate surface area is 167 Å². The fraction of sp³-hybridized carbons (Fsp3) is 0.500. The first-order valence-corrected chi connectivity index (χ1v) is 11.1. The molecule has 0 aromatic heterocycles. The maximum absolute atomic E-state index is 12.7. The highest BCUT2D eigenvalue weighted by Crippen LogP contribution is 2.20. The van der Waals surface area contributed by atoms with Gasteiger partial charge < -0.3 is 10.6 Å². The van der Waals surface area contributed by atoms with Crippen LogP contribution in [0.15, 0.2) is 35.2 Å². The van der Waals surface area contributed by atoms with E-state index in [1.54, 1.807) is 34.6 Å². The van der Waals surface area contributed by atoms with Gasteiger partial charge in [0.25, 0.3) is 0 Å². The molecular formula is C20H29N3O4S. The zero-order valence-electron chi connectivity index (χ0n) is 16.5. The van der Waals surface area contributed by atoms with Crippen molar-refractivity contribution in [3.05, 3.63) is 35.9 Å². The Bertz CT molecular complexity index is 793. The first kappa shape index (κ1) is 22.1.